The van der Waals surface area contributed by atoms with Crippen LogP contribution in [-0.4, -0.2) is 12.6 Å². The first-order chi connectivity index (χ1) is 10.2. The molecule has 2 aromatic carbocycles. The van der Waals surface area contributed by atoms with E-state index in [9.17, 15) is 0 Å². The first-order valence-electron chi connectivity index (χ1n) is 7.38. The van der Waals surface area contributed by atoms with Gasteiger partial charge in [-0.2, -0.15) is 0 Å². The molecule has 1 N–H and O–H groups in total. The van der Waals surface area contributed by atoms with Crippen molar-refractivity contribution in [3.8, 4) is 5.75 Å². The molecule has 0 amide bonds. The average molecular weight is 304 g/mol. The summed E-state index contributed by atoms with van der Waals surface area (Å²) >= 11 is 6.13. The number of hydrogen-bond acceptors (Lipinski definition) is 2. The van der Waals surface area contributed by atoms with E-state index in [-0.39, 0.29) is 6.10 Å². The van der Waals surface area contributed by atoms with Crippen molar-refractivity contribution in [1.29, 1.82) is 0 Å². The van der Waals surface area contributed by atoms with Gasteiger partial charge in [-0.3, -0.25) is 0 Å². The van der Waals surface area contributed by atoms with E-state index in [0.29, 0.717) is 0 Å². The van der Waals surface area contributed by atoms with Crippen molar-refractivity contribution in [1.82, 2.24) is 5.32 Å². The van der Waals surface area contributed by atoms with E-state index >= 15 is 0 Å². The van der Waals surface area contributed by atoms with E-state index in [2.05, 4.69) is 31.3 Å². The highest BCUT2D eigenvalue weighted by atomic mass is 35.5. The molecule has 0 aromatic heterocycles. The lowest BCUT2D eigenvalue weighted by Gasteiger charge is -2.16. The molecule has 0 saturated heterocycles. The molecule has 0 aliphatic carbocycles. The van der Waals surface area contributed by atoms with Gasteiger partial charge < -0.3 is 10.1 Å². The van der Waals surface area contributed by atoms with Crippen LogP contribution in [-0.2, 0) is 13.0 Å². The molecule has 0 heterocycles. The summed E-state index contributed by atoms with van der Waals surface area (Å²) in [5.41, 5.74) is 2.44. The second-order valence-corrected chi connectivity index (χ2v) is 5.56. The van der Waals surface area contributed by atoms with E-state index < -0.39 is 0 Å². The molecule has 1 atom stereocenters. The monoisotopic (exact) mass is 303 g/mol. The Morgan fingerprint density at radius 3 is 2.48 bits per heavy atom. The quantitative estimate of drug-likeness (QED) is 0.815. The van der Waals surface area contributed by atoms with Gasteiger partial charge in [0.25, 0.3) is 0 Å². The molecule has 2 aromatic rings. The van der Waals surface area contributed by atoms with Crippen LogP contribution in [0, 0.1) is 0 Å². The van der Waals surface area contributed by atoms with Crippen LogP contribution in [0.1, 0.15) is 25.0 Å². The third kappa shape index (κ3) is 5.07. The number of hydrogen-bond donors (Lipinski definition) is 1. The zero-order valence-electron chi connectivity index (χ0n) is 12.6. The molecule has 0 radical (unpaired) electrons. The van der Waals surface area contributed by atoms with Crippen molar-refractivity contribution in [3.05, 3.63) is 64.7 Å². The molecule has 21 heavy (non-hydrogen) atoms. The van der Waals surface area contributed by atoms with E-state index in [1.807, 2.05) is 36.4 Å². The van der Waals surface area contributed by atoms with Gasteiger partial charge in [-0.05, 0) is 42.7 Å². The topological polar surface area (TPSA) is 21.3 Å². The lowest BCUT2D eigenvalue weighted by Crippen LogP contribution is -2.28. The highest BCUT2D eigenvalue weighted by molar-refractivity contribution is 6.31. The van der Waals surface area contributed by atoms with Crippen LogP contribution in [0.5, 0.6) is 5.75 Å². The summed E-state index contributed by atoms with van der Waals surface area (Å²) in [5, 5.41) is 4.18. The van der Waals surface area contributed by atoms with Crippen molar-refractivity contribution in [2.75, 3.05) is 6.54 Å². The van der Waals surface area contributed by atoms with Gasteiger partial charge in [0.2, 0.25) is 0 Å². The van der Waals surface area contributed by atoms with Crippen molar-refractivity contribution < 1.29 is 4.74 Å². The van der Waals surface area contributed by atoms with Gasteiger partial charge in [0.1, 0.15) is 11.9 Å². The Labute approximate surface area is 132 Å². The minimum Gasteiger partial charge on any atom is -0.489 e. The maximum Gasteiger partial charge on any atom is 0.119 e. The standard InChI is InChI=1S/C18H22ClNO/c1-3-15-8-10-17(11-9-15)21-14(2)12-20-13-16-6-4-5-7-18(16)19/h4-11,14,20H,3,12-13H2,1-2H3. The number of benzene rings is 2. The third-order valence-electron chi connectivity index (χ3n) is 3.37. The molecule has 0 aliphatic rings. The average Bonchev–Trinajstić information content (AvgIpc) is 2.50. The van der Waals surface area contributed by atoms with Crippen LogP contribution >= 0.6 is 11.6 Å². The fraction of sp³-hybridized carbons (Fsp3) is 0.333. The maximum atomic E-state index is 6.13. The number of ether oxygens (including phenoxy) is 1. The summed E-state index contributed by atoms with van der Waals surface area (Å²) in [4.78, 5) is 0. The van der Waals surface area contributed by atoms with Crippen LogP contribution in [0.25, 0.3) is 0 Å². The summed E-state index contributed by atoms with van der Waals surface area (Å²) in [6, 6.07) is 16.2. The van der Waals surface area contributed by atoms with Gasteiger partial charge in [0.05, 0.1) is 0 Å². The van der Waals surface area contributed by atoms with Crippen LogP contribution in [0.15, 0.2) is 48.5 Å². The normalized spacial score (nSPS) is 12.1. The highest BCUT2D eigenvalue weighted by Crippen LogP contribution is 2.15. The zero-order valence-corrected chi connectivity index (χ0v) is 13.4. The summed E-state index contributed by atoms with van der Waals surface area (Å²) in [6.07, 6.45) is 1.16. The fourth-order valence-electron chi connectivity index (χ4n) is 2.13. The van der Waals surface area contributed by atoms with Crippen molar-refractivity contribution in [3.63, 3.8) is 0 Å². The molecule has 0 aliphatic heterocycles. The SMILES string of the molecule is CCc1ccc(OC(C)CNCc2ccccc2Cl)cc1. The number of halogens is 1. The molecule has 0 fully saturated rings. The van der Waals surface area contributed by atoms with Crippen molar-refractivity contribution >= 4 is 11.6 Å². The number of aryl methyl sites for hydroxylation is 1. The summed E-state index contributed by atoms with van der Waals surface area (Å²) in [7, 11) is 0. The Hall–Kier alpha value is -1.51. The predicted octanol–water partition coefficient (Wildman–Crippen LogP) is 4.46. The second-order valence-electron chi connectivity index (χ2n) is 5.15. The van der Waals surface area contributed by atoms with Gasteiger partial charge in [-0.15, -0.1) is 0 Å². The van der Waals surface area contributed by atoms with Crippen LogP contribution in [0.4, 0.5) is 0 Å². The minimum atomic E-state index is 0.111. The van der Waals surface area contributed by atoms with Gasteiger partial charge >= 0.3 is 0 Å². The van der Waals surface area contributed by atoms with Crippen LogP contribution in [0.2, 0.25) is 5.02 Å². The Morgan fingerprint density at radius 2 is 1.81 bits per heavy atom. The zero-order chi connectivity index (χ0) is 15.1. The summed E-state index contributed by atoms with van der Waals surface area (Å²) in [5.74, 6) is 0.916. The largest absolute Gasteiger partial charge is 0.489 e. The number of rotatable bonds is 7. The van der Waals surface area contributed by atoms with Gasteiger partial charge in [0, 0.05) is 18.1 Å². The van der Waals surface area contributed by atoms with Crippen LogP contribution in [0.3, 0.4) is 0 Å². The molecule has 2 nitrogen and oxygen atoms in total. The molecule has 3 heteroatoms. The molecule has 0 spiro atoms. The smallest absolute Gasteiger partial charge is 0.119 e. The Bertz CT molecular complexity index is 553. The van der Waals surface area contributed by atoms with E-state index in [0.717, 1.165) is 35.8 Å². The van der Waals surface area contributed by atoms with E-state index in [1.54, 1.807) is 0 Å². The van der Waals surface area contributed by atoms with Crippen LogP contribution < -0.4 is 10.1 Å². The van der Waals surface area contributed by atoms with Gasteiger partial charge in [-0.1, -0.05) is 48.9 Å². The fourth-order valence-corrected chi connectivity index (χ4v) is 2.33. The summed E-state index contributed by atoms with van der Waals surface area (Å²) in [6.45, 7) is 5.74. The molecule has 0 saturated carbocycles. The molecular weight excluding hydrogens is 282 g/mol. The summed E-state index contributed by atoms with van der Waals surface area (Å²) < 4.78 is 5.89. The third-order valence-corrected chi connectivity index (χ3v) is 3.74. The van der Waals surface area contributed by atoms with Crippen molar-refractivity contribution in [2.24, 2.45) is 0 Å². The van der Waals surface area contributed by atoms with Gasteiger partial charge in [0.15, 0.2) is 0 Å². The molecule has 0 bridgehead atoms. The first-order valence-corrected chi connectivity index (χ1v) is 7.76. The highest BCUT2D eigenvalue weighted by Gasteiger charge is 2.05. The van der Waals surface area contributed by atoms with E-state index in [4.69, 9.17) is 16.3 Å². The molecular formula is C18H22ClNO. The number of nitrogens with one attached hydrogen (secondary N) is 1. The Morgan fingerprint density at radius 1 is 1.10 bits per heavy atom. The molecule has 1 unspecified atom stereocenters. The lowest BCUT2D eigenvalue weighted by atomic mass is 10.2. The minimum absolute atomic E-state index is 0.111. The van der Waals surface area contributed by atoms with Crippen molar-refractivity contribution in [2.45, 2.75) is 32.9 Å². The molecule has 112 valence electrons. The Kier molecular flexibility index (Phi) is 6.09. The van der Waals surface area contributed by atoms with Gasteiger partial charge in [-0.25, -0.2) is 0 Å². The van der Waals surface area contributed by atoms with E-state index in [1.165, 1.54) is 5.56 Å². The lowest BCUT2D eigenvalue weighted by molar-refractivity contribution is 0.217. The second kappa shape index (κ2) is 8.06. The first kappa shape index (κ1) is 15.9. The maximum absolute atomic E-state index is 6.13. The Balaban J connectivity index is 1.76. The molecule has 2 rings (SSSR count). The predicted molar refractivity (Wildman–Crippen MR) is 89.1 cm³/mol.